The van der Waals surface area contributed by atoms with Crippen molar-refractivity contribution in [2.45, 2.75) is 32.6 Å². The first-order valence-corrected chi connectivity index (χ1v) is 7.41. The zero-order valence-corrected chi connectivity index (χ0v) is 12.4. The Balaban J connectivity index is 1.95. The van der Waals surface area contributed by atoms with Crippen LogP contribution in [-0.2, 0) is 9.59 Å². The zero-order chi connectivity index (χ0) is 15.9. The Morgan fingerprint density at radius 2 is 1.86 bits per heavy atom. The van der Waals surface area contributed by atoms with E-state index in [1.54, 1.807) is 18.2 Å². The van der Waals surface area contributed by atoms with Crippen molar-refractivity contribution in [3.63, 3.8) is 0 Å². The first kappa shape index (κ1) is 14.6. The second kappa shape index (κ2) is 5.13. The quantitative estimate of drug-likeness (QED) is 0.617. The molecule has 0 amide bonds. The van der Waals surface area contributed by atoms with Gasteiger partial charge in [0.1, 0.15) is 0 Å². The Bertz CT molecular complexity index is 727. The standard InChI is InChI=1S/C18H18O4/c1-18-7-6-14(19)10-13(18)4-3-12(17(18)22)8-11-2-5-15(20)16(21)9-11/h2,5,8-10,20-21H,3-4,6-7H2,1H3. The Morgan fingerprint density at radius 1 is 1.09 bits per heavy atom. The Labute approximate surface area is 128 Å². The van der Waals surface area contributed by atoms with Crippen molar-refractivity contribution >= 4 is 17.6 Å². The van der Waals surface area contributed by atoms with Gasteiger partial charge in [-0.3, -0.25) is 9.59 Å². The molecule has 0 radical (unpaired) electrons. The number of carbonyl (C=O) groups excluding carboxylic acids is 2. The molecule has 22 heavy (non-hydrogen) atoms. The smallest absolute Gasteiger partial charge is 0.168 e. The lowest BCUT2D eigenvalue weighted by molar-refractivity contribution is -0.125. The van der Waals surface area contributed by atoms with Crippen molar-refractivity contribution in [1.29, 1.82) is 0 Å². The largest absolute Gasteiger partial charge is 0.504 e. The molecule has 1 fully saturated rings. The maximum atomic E-state index is 12.8. The Hall–Kier alpha value is -2.36. The van der Waals surface area contributed by atoms with Crippen LogP contribution in [0.15, 0.2) is 35.4 Å². The number of fused-ring (bicyclic) bond motifs is 1. The van der Waals surface area contributed by atoms with Gasteiger partial charge < -0.3 is 10.2 Å². The Morgan fingerprint density at radius 3 is 2.59 bits per heavy atom. The molecule has 0 heterocycles. The first-order valence-electron chi connectivity index (χ1n) is 7.41. The van der Waals surface area contributed by atoms with Gasteiger partial charge >= 0.3 is 0 Å². The molecule has 4 heteroatoms. The lowest BCUT2D eigenvalue weighted by Crippen LogP contribution is -2.38. The summed E-state index contributed by atoms with van der Waals surface area (Å²) in [7, 11) is 0. The number of benzene rings is 1. The molecule has 1 unspecified atom stereocenters. The van der Waals surface area contributed by atoms with E-state index in [0.29, 0.717) is 36.8 Å². The maximum absolute atomic E-state index is 12.8. The van der Waals surface area contributed by atoms with E-state index in [-0.39, 0.29) is 23.1 Å². The van der Waals surface area contributed by atoms with Gasteiger partial charge in [0, 0.05) is 6.42 Å². The summed E-state index contributed by atoms with van der Waals surface area (Å²) < 4.78 is 0. The van der Waals surface area contributed by atoms with E-state index in [0.717, 1.165) is 5.57 Å². The lowest BCUT2D eigenvalue weighted by atomic mass is 9.63. The molecule has 114 valence electrons. The highest BCUT2D eigenvalue weighted by Crippen LogP contribution is 2.46. The van der Waals surface area contributed by atoms with Gasteiger partial charge in [0.15, 0.2) is 23.1 Å². The number of phenols is 2. The van der Waals surface area contributed by atoms with Crippen molar-refractivity contribution in [1.82, 2.24) is 0 Å². The van der Waals surface area contributed by atoms with Crippen LogP contribution in [0.1, 0.15) is 38.2 Å². The van der Waals surface area contributed by atoms with Crippen LogP contribution in [0.25, 0.3) is 6.08 Å². The van der Waals surface area contributed by atoms with E-state index in [1.807, 2.05) is 6.92 Å². The fraction of sp³-hybridized carbons (Fsp3) is 0.333. The molecule has 0 spiro atoms. The number of aromatic hydroxyl groups is 2. The van der Waals surface area contributed by atoms with Crippen molar-refractivity contribution in [2.75, 3.05) is 0 Å². The second-order valence-electron chi connectivity index (χ2n) is 6.21. The number of phenolic OH excluding ortho intramolecular Hbond substituents is 2. The van der Waals surface area contributed by atoms with Crippen LogP contribution in [0.2, 0.25) is 0 Å². The van der Waals surface area contributed by atoms with Crippen LogP contribution in [0, 0.1) is 5.41 Å². The summed E-state index contributed by atoms with van der Waals surface area (Å²) in [5, 5.41) is 18.9. The predicted octanol–water partition coefficient (Wildman–Crippen LogP) is 3.14. The van der Waals surface area contributed by atoms with Gasteiger partial charge in [-0.25, -0.2) is 0 Å². The molecule has 0 aromatic heterocycles. The summed E-state index contributed by atoms with van der Waals surface area (Å²) in [4.78, 5) is 24.4. The minimum Gasteiger partial charge on any atom is -0.504 e. The fourth-order valence-corrected chi connectivity index (χ4v) is 3.27. The van der Waals surface area contributed by atoms with E-state index >= 15 is 0 Å². The van der Waals surface area contributed by atoms with E-state index in [2.05, 4.69) is 0 Å². The molecule has 0 saturated heterocycles. The summed E-state index contributed by atoms with van der Waals surface area (Å²) in [5.74, 6) is -0.214. The Kier molecular flexibility index (Phi) is 3.39. The van der Waals surface area contributed by atoms with Crippen LogP contribution in [-0.4, -0.2) is 21.8 Å². The number of ketones is 2. The minimum atomic E-state index is -0.572. The third kappa shape index (κ3) is 2.34. The average molecular weight is 298 g/mol. The number of rotatable bonds is 1. The molecule has 3 rings (SSSR count). The summed E-state index contributed by atoms with van der Waals surface area (Å²) in [5.41, 5.74) is 1.76. The van der Waals surface area contributed by atoms with Gasteiger partial charge in [-0.15, -0.1) is 0 Å². The van der Waals surface area contributed by atoms with Crippen LogP contribution >= 0.6 is 0 Å². The molecule has 4 nitrogen and oxygen atoms in total. The monoisotopic (exact) mass is 298 g/mol. The van der Waals surface area contributed by atoms with Gasteiger partial charge in [0.25, 0.3) is 0 Å². The maximum Gasteiger partial charge on any atom is 0.168 e. The van der Waals surface area contributed by atoms with Crippen LogP contribution < -0.4 is 0 Å². The highest BCUT2D eigenvalue weighted by Gasteiger charge is 2.43. The fourth-order valence-electron chi connectivity index (χ4n) is 3.27. The molecule has 1 aromatic rings. The van der Waals surface area contributed by atoms with Crippen molar-refractivity contribution < 1.29 is 19.8 Å². The average Bonchev–Trinajstić information content (AvgIpc) is 2.48. The molecular formula is C18H18O4. The second-order valence-corrected chi connectivity index (χ2v) is 6.21. The predicted molar refractivity (Wildman–Crippen MR) is 82.4 cm³/mol. The number of allylic oxidation sites excluding steroid dienone is 3. The third-order valence-corrected chi connectivity index (χ3v) is 4.71. The van der Waals surface area contributed by atoms with Gasteiger partial charge in [-0.05, 0) is 61.6 Å². The van der Waals surface area contributed by atoms with Crippen molar-refractivity contribution in [3.05, 3.63) is 41.0 Å². The SMILES string of the molecule is CC12CCC(=O)C=C1CCC(=Cc1ccc(O)c(O)c1)C2=O. The molecule has 0 aliphatic heterocycles. The van der Waals surface area contributed by atoms with Gasteiger partial charge in [-0.2, -0.15) is 0 Å². The van der Waals surface area contributed by atoms with E-state index in [1.165, 1.54) is 12.1 Å². The van der Waals surface area contributed by atoms with Gasteiger partial charge in [-0.1, -0.05) is 11.6 Å². The van der Waals surface area contributed by atoms with Crippen LogP contribution in [0.5, 0.6) is 11.5 Å². The topological polar surface area (TPSA) is 74.6 Å². The number of Topliss-reactive ketones (excluding diaryl/α,β-unsaturated/α-hetero) is 1. The highest BCUT2D eigenvalue weighted by molar-refractivity contribution is 6.08. The minimum absolute atomic E-state index is 0.0602. The summed E-state index contributed by atoms with van der Waals surface area (Å²) in [6, 6.07) is 4.50. The molecule has 1 aromatic carbocycles. The normalized spacial score (nSPS) is 26.8. The highest BCUT2D eigenvalue weighted by atomic mass is 16.3. The van der Waals surface area contributed by atoms with E-state index in [4.69, 9.17) is 0 Å². The third-order valence-electron chi connectivity index (χ3n) is 4.71. The molecule has 2 N–H and O–H groups in total. The van der Waals surface area contributed by atoms with E-state index in [9.17, 15) is 19.8 Å². The molecule has 0 bridgehead atoms. The molecule has 1 saturated carbocycles. The molecule has 2 aliphatic rings. The van der Waals surface area contributed by atoms with Crippen molar-refractivity contribution in [2.24, 2.45) is 5.41 Å². The number of hydrogen-bond acceptors (Lipinski definition) is 4. The van der Waals surface area contributed by atoms with E-state index < -0.39 is 5.41 Å². The summed E-state index contributed by atoms with van der Waals surface area (Å²) in [6.07, 6.45) is 5.69. The molecule has 2 aliphatic carbocycles. The lowest BCUT2D eigenvalue weighted by Gasteiger charge is -2.38. The first-order chi connectivity index (χ1) is 10.4. The van der Waals surface area contributed by atoms with Gasteiger partial charge in [0.05, 0.1) is 5.41 Å². The number of hydrogen-bond donors (Lipinski definition) is 2. The van der Waals surface area contributed by atoms with Crippen molar-refractivity contribution in [3.8, 4) is 11.5 Å². The zero-order valence-electron chi connectivity index (χ0n) is 12.4. The number of carbonyl (C=O) groups is 2. The molecular weight excluding hydrogens is 280 g/mol. The van der Waals surface area contributed by atoms with Crippen LogP contribution in [0.3, 0.4) is 0 Å². The van der Waals surface area contributed by atoms with Gasteiger partial charge in [0.2, 0.25) is 0 Å². The van der Waals surface area contributed by atoms with Crippen LogP contribution in [0.4, 0.5) is 0 Å². The summed E-state index contributed by atoms with van der Waals surface area (Å²) in [6.45, 7) is 1.91. The molecule has 1 atom stereocenters. The summed E-state index contributed by atoms with van der Waals surface area (Å²) >= 11 is 0.